The fourth-order valence-corrected chi connectivity index (χ4v) is 2.43. The SMILES string of the molecule is CC.CCCC.c1ccc(CCc2cccc3ccccc23)cc1. The van der Waals surface area contributed by atoms with Crippen molar-refractivity contribution in [1.29, 1.82) is 0 Å². The zero-order valence-electron chi connectivity index (χ0n) is 15.8. The predicted octanol–water partition coefficient (Wildman–Crippen LogP) is 7.46. The smallest absolute Gasteiger partial charge is 0.0152 e. The third-order valence-corrected chi connectivity index (χ3v) is 3.91. The summed E-state index contributed by atoms with van der Waals surface area (Å²) in [5.41, 5.74) is 2.85. The Morgan fingerprint density at radius 1 is 0.583 bits per heavy atom. The van der Waals surface area contributed by atoms with Crippen LogP contribution in [-0.2, 0) is 12.8 Å². The molecule has 0 bridgehead atoms. The fraction of sp³-hybridized carbons (Fsp3) is 0.333. The average Bonchev–Trinajstić information content (AvgIpc) is 2.69. The van der Waals surface area contributed by atoms with Gasteiger partial charge < -0.3 is 0 Å². The first-order valence-corrected chi connectivity index (χ1v) is 9.35. The highest BCUT2D eigenvalue weighted by atomic mass is 14.0. The molecule has 128 valence electrons. The molecule has 0 heteroatoms. The van der Waals surface area contributed by atoms with Gasteiger partial charge in [0, 0.05) is 0 Å². The van der Waals surface area contributed by atoms with Crippen molar-refractivity contribution in [2.24, 2.45) is 0 Å². The van der Waals surface area contributed by atoms with Crippen LogP contribution in [0.4, 0.5) is 0 Å². The summed E-state index contributed by atoms with van der Waals surface area (Å²) in [6.45, 7) is 8.36. The van der Waals surface area contributed by atoms with Crippen molar-refractivity contribution in [1.82, 2.24) is 0 Å². The highest BCUT2D eigenvalue weighted by Gasteiger charge is 2.00. The number of hydrogen-bond acceptors (Lipinski definition) is 0. The van der Waals surface area contributed by atoms with Gasteiger partial charge in [0.1, 0.15) is 0 Å². The van der Waals surface area contributed by atoms with E-state index in [4.69, 9.17) is 0 Å². The van der Waals surface area contributed by atoms with E-state index in [1.54, 1.807) is 0 Å². The molecule has 0 aliphatic rings. The van der Waals surface area contributed by atoms with E-state index in [2.05, 4.69) is 86.6 Å². The Hall–Kier alpha value is -2.08. The van der Waals surface area contributed by atoms with Crippen LogP contribution in [0.3, 0.4) is 0 Å². The summed E-state index contributed by atoms with van der Waals surface area (Å²) in [5, 5.41) is 2.72. The lowest BCUT2D eigenvalue weighted by Crippen LogP contribution is -1.92. The molecule has 0 aliphatic heterocycles. The molecule has 0 N–H and O–H groups in total. The molecule has 0 aromatic heterocycles. The van der Waals surface area contributed by atoms with Crippen molar-refractivity contribution in [3.05, 3.63) is 83.9 Å². The van der Waals surface area contributed by atoms with E-state index in [9.17, 15) is 0 Å². The Labute approximate surface area is 148 Å². The summed E-state index contributed by atoms with van der Waals surface area (Å²) in [7, 11) is 0. The van der Waals surface area contributed by atoms with Crippen molar-refractivity contribution in [3.63, 3.8) is 0 Å². The van der Waals surface area contributed by atoms with E-state index in [0.29, 0.717) is 0 Å². The monoisotopic (exact) mass is 320 g/mol. The van der Waals surface area contributed by atoms with Gasteiger partial charge in [0.2, 0.25) is 0 Å². The maximum absolute atomic E-state index is 2.24. The lowest BCUT2D eigenvalue weighted by molar-refractivity contribution is 0.886. The van der Waals surface area contributed by atoms with E-state index < -0.39 is 0 Å². The van der Waals surface area contributed by atoms with Gasteiger partial charge in [-0.2, -0.15) is 0 Å². The molecule has 0 aliphatic carbocycles. The number of rotatable bonds is 4. The maximum atomic E-state index is 2.24. The summed E-state index contributed by atoms with van der Waals surface area (Å²) in [6.07, 6.45) is 4.85. The molecular weight excluding hydrogens is 288 g/mol. The molecule has 0 saturated carbocycles. The van der Waals surface area contributed by atoms with E-state index in [1.165, 1.54) is 34.7 Å². The van der Waals surface area contributed by atoms with Gasteiger partial charge in [0.05, 0.1) is 0 Å². The summed E-state index contributed by atoms with van der Waals surface area (Å²) in [6, 6.07) is 25.9. The highest BCUT2D eigenvalue weighted by molar-refractivity contribution is 5.85. The van der Waals surface area contributed by atoms with Gasteiger partial charge in [-0.05, 0) is 34.7 Å². The van der Waals surface area contributed by atoms with Gasteiger partial charge in [-0.15, -0.1) is 0 Å². The van der Waals surface area contributed by atoms with Gasteiger partial charge in [-0.1, -0.05) is 113 Å². The molecule has 3 aromatic rings. The molecule has 0 fully saturated rings. The summed E-state index contributed by atoms with van der Waals surface area (Å²) >= 11 is 0. The third kappa shape index (κ3) is 6.58. The van der Waals surface area contributed by atoms with Crippen LogP contribution in [0, 0.1) is 0 Å². The van der Waals surface area contributed by atoms with Crippen LogP contribution in [0.5, 0.6) is 0 Å². The van der Waals surface area contributed by atoms with E-state index in [-0.39, 0.29) is 0 Å². The first-order chi connectivity index (χ1) is 11.8. The minimum atomic E-state index is 1.10. The molecule has 0 nitrogen and oxygen atoms in total. The minimum absolute atomic E-state index is 1.10. The molecule has 3 aromatic carbocycles. The number of unbranched alkanes of at least 4 members (excludes halogenated alkanes) is 1. The maximum Gasteiger partial charge on any atom is -0.0152 e. The summed E-state index contributed by atoms with van der Waals surface area (Å²) in [5.74, 6) is 0. The van der Waals surface area contributed by atoms with Gasteiger partial charge >= 0.3 is 0 Å². The van der Waals surface area contributed by atoms with Gasteiger partial charge in [-0.3, -0.25) is 0 Å². The molecule has 0 radical (unpaired) electrons. The molecule has 0 unspecified atom stereocenters. The zero-order chi connectivity index (χ0) is 17.6. The average molecular weight is 321 g/mol. The van der Waals surface area contributed by atoms with Gasteiger partial charge in [0.25, 0.3) is 0 Å². The number of aryl methyl sites for hydroxylation is 2. The third-order valence-electron chi connectivity index (χ3n) is 3.91. The van der Waals surface area contributed by atoms with Crippen molar-refractivity contribution < 1.29 is 0 Å². The number of fused-ring (bicyclic) bond motifs is 1. The van der Waals surface area contributed by atoms with Crippen molar-refractivity contribution in [2.75, 3.05) is 0 Å². The molecular formula is C24H32. The molecule has 0 heterocycles. The Balaban J connectivity index is 0.000000423. The second-order valence-corrected chi connectivity index (χ2v) is 5.62. The molecule has 0 amide bonds. The van der Waals surface area contributed by atoms with Crippen LogP contribution in [0.2, 0.25) is 0 Å². The normalized spacial score (nSPS) is 9.50. The number of benzene rings is 3. The molecule has 0 spiro atoms. The summed E-state index contributed by atoms with van der Waals surface area (Å²) in [4.78, 5) is 0. The second-order valence-electron chi connectivity index (χ2n) is 5.62. The van der Waals surface area contributed by atoms with E-state index >= 15 is 0 Å². The molecule has 0 atom stereocenters. The molecule has 0 saturated heterocycles. The minimum Gasteiger partial charge on any atom is -0.0683 e. The fourth-order valence-electron chi connectivity index (χ4n) is 2.43. The Morgan fingerprint density at radius 2 is 1.17 bits per heavy atom. The summed E-state index contributed by atoms with van der Waals surface area (Å²) < 4.78 is 0. The second kappa shape index (κ2) is 12.4. The van der Waals surface area contributed by atoms with Crippen LogP contribution in [-0.4, -0.2) is 0 Å². The largest absolute Gasteiger partial charge is 0.0683 e. The topological polar surface area (TPSA) is 0 Å². The lowest BCUT2D eigenvalue weighted by atomic mass is 9.99. The molecule has 24 heavy (non-hydrogen) atoms. The Morgan fingerprint density at radius 3 is 1.83 bits per heavy atom. The first-order valence-electron chi connectivity index (χ1n) is 9.35. The zero-order valence-corrected chi connectivity index (χ0v) is 15.8. The molecule has 3 rings (SSSR count). The van der Waals surface area contributed by atoms with Crippen molar-refractivity contribution in [3.8, 4) is 0 Å². The van der Waals surface area contributed by atoms with Crippen LogP contribution in [0.15, 0.2) is 72.8 Å². The first kappa shape index (κ1) is 20.0. The van der Waals surface area contributed by atoms with Crippen LogP contribution in [0.25, 0.3) is 10.8 Å². The predicted molar refractivity (Wildman–Crippen MR) is 110 cm³/mol. The lowest BCUT2D eigenvalue weighted by Gasteiger charge is -2.06. The van der Waals surface area contributed by atoms with E-state index in [1.807, 2.05) is 13.8 Å². The van der Waals surface area contributed by atoms with Gasteiger partial charge in [0.15, 0.2) is 0 Å². The van der Waals surface area contributed by atoms with Crippen LogP contribution >= 0.6 is 0 Å². The van der Waals surface area contributed by atoms with Crippen LogP contribution in [0.1, 0.15) is 51.7 Å². The van der Waals surface area contributed by atoms with Crippen LogP contribution < -0.4 is 0 Å². The van der Waals surface area contributed by atoms with Crippen molar-refractivity contribution >= 4 is 10.8 Å². The quantitative estimate of drug-likeness (QED) is 0.468. The van der Waals surface area contributed by atoms with Crippen molar-refractivity contribution in [2.45, 2.75) is 53.4 Å². The van der Waals surface area contributed by atoms with Gasteiger partial charge in [-0.25, -0.2) is 0 Å². The van der Waals surface area contributed by atoms with E-state index in [0.717, 1.165) is 12.8 Å². The number of hydrogen-bond donors (Lipinski definition) is 0. The highest BCUT2D eigenvalue weighted by Crippen LogP contribution is 2.20. The Bertz CT molecular complexity index is 660. The Kier molecular flexibility index (Phi) is 10.3. The standard InChI is InChI=1S/C18H16.C4H10.C2H6/c1-2-7-15(8-3-1)13-14-17-11-6-10-16-9-4-5-12-18(16)17;1-3-4-2;1-2/h1-12H,13-14H2;3-4H2,1-2H3;1-2H3.